The van der Waals surface area contributed by atoms with E-state index in [2.05, 4.69) is 14.7 Å². The molecule has 0 aliphatic heterocycles. The lowest BCUT2D eigenvalue weighted by Gasteiger charge is -2.03. The van der Waals surface area contributed by atoms with Crippen molar-refractivity contribution in [3.63, 3.8) is 0 Å². The summed E-state index contributed by atoms with van der Waals surface area (Å²) >= 11 is 0. The van der Waals surface area contributed by atoms with E-state index in [4.69, 9.17) is 5.11 Å². The number of rotatable bonds is 3. The smallest absolute Gasteiger partial charge is 0.252 e. The predicted molar refractivity (Wildman–Crippen MR) is 37.6 cm³/mol. The Morgan fingerprint density at radius 2 is 2.27 bits per heavy atom. The van der Waals surface area contributed by atoms with Crippen molar-refractivity contribution < 1.29 is 9.63 Å². The van der Waals surface area contributed by atoms with E-state index >= 15 is 0 Å². The zero-order chi connectivity index (χ0) is 8.27. The van der Waals surface area contributed by atoms with Gasteiger partial charge in [-0.25, -0.2) is 0 Å². The summed E-state index contributed by atoms with van der Waals surface area (Å²) in [5, 5.41) is 12.2. The maximum atomic E-state index is 8.58. The standard InChI is InChI=1S/C6H11N3O2/c1-9(2)3-5-7-6(4-10)11-8-5/h10H,3-4H2,1-2H3. The SMILES string of the molecule is CN(C)Cc1noc(CO)n1. The molecule has 62 valence electrons. The second-order valence-corrected chi connectivity index (χ2v) is 2.50. The molecule has 5 nitrogen and oxygen atoms in total. The maximum Gasteiger partial charge on any atom is 0.252 e. The third kappa shape index (κ3) is 2.28. The fourth-order valence-electron chi connectivity index (χ4n) is 0.701. The van der Waals surface area contributed by atoms with Gasteiger partial charge in [-0.15, -0.1) is 0 Å². The Balaban J connectivity index is 2.58. The van der Waals surface area contributed by atoms with E-state index < -0.39 is 0 Å². The topological polar surface area (TPSA) is 62.4 Å². The highest BCUT2D eigenvalue weighted by atomic mass is 16.5. The first-order valence-corrected chi connectivity index (χ1v) is 3.29. The number of aromatic nitrogens is 2. The summed E-state index contributed by atoms with van der Waals surface area (Å²) in [6, 6.07) is 0. The molecule has 0 aliphatic rings. The van der Waals surface area contributed by atoms with Crippen LogP contribution < -0.4 is 0 Å². The van der Waals surface area contributed by atoms with Gasteiger partial charge in [-0.05, 0) is 14.1 Å². The Morgan fingerprint density at radius 1 is 1.55 bits per heavy atom. The van der Waals surface area contributed by atoms with Gasteiger partial charge in [-0.3, -0.25) is 0 Å². The van der Waals surface area contributed by atoms with E-state index in [-0.39, 0.29) is 12.5 Å². The van der Waals surface area contributed by atoms with Crippen molar-refractivity contribution in [1.82, 2.24) is 15.0 Å². The van der Waals surface area contributed by atoms with Gasteiger partial charge in [-0.1, -0.05) is 5.16 Å². The number of hydrogen-bond acceptors (Lipinski definition) is 5. The third-order valence-electron chi connectivity index (χ3n) is 1.10. The summed E-state index contributed by atoms with van der Waals surface area (Å²) in [5.41, 5.74) is 0. The molecule has 0 aromatic carbocycles. The van der Waals surface area contributed by atoms with E-state index in [0.29, 0.717) is 12.4 Å². The minimum atomic E-state index is -0.194. The van der Waals surface area contributed by atoms with Crippen LogP contribution in [0.25, 0.3) is 0 Å². The molecule has 1 rings (SSSR count). The predicted octanol–water partition coefficient (Wildman–Crippen LogP) is -0.377. The first kappa shape index (κ1) is 8.16. The van der Waals surface area contributed by atoms with Crippen LogP contribution in [0.5, 0.6) is 0 Å². The van der Waals surface area contributed by atoms with Gasteiger partial charge in [-0.2, -0.15) is 4.98 Å². The van der Waals surface area contributed by atoms with Crippen LogP contribution in [0.2, 0.25) is 0 Å². The van der Waals surface area contributed by atoms with Crippen molar-refractivity contribution in [2.75, 3.05) is 14.1 Å². The lowest BCUT2D eigenvalue weighted by molar-refractivity contribution is 0.222. The van der Waals surface area contributed by atoms with Gasteiger partial charge in [0, 0.05) is 0 Å². The molecule has 0 fully saturated rings. The first-order chi connectivity index (χ1) is 5.22. The van der Waals surface area contributed by atoms with Crippen LogP contribution in [-0.4, -0.2) is 34.2 Å². The fourth-order valence-corrected chi connectivity index (χ4v) is 0.701. The molecule has 0 atom stereocenters. The van der Waals surface area contributed by atoms with Crippen LogP contribution in [0, 0.1) is 0 Å². The molecule has 0 saturated carbocycles. The Kier molecular flexibility index (Phi) is 2.56. The van der Waals surface area contributed by atoms with Gasteiger partial charge in [0.15, 0.2) is 5.82 Å². The Morgan fingerprint density at radius 3 is 2.73 bits per heavy atom. The number of aliphatic hydroxyl groups excluding tert-OH is 1. The second-order valence-electron chi connectivity index (χ2n) is 2.50. The number of aliphatic hydroxyl groups is 1. The minimum Gasteiger partial charge on any atom is -0.387 e. The molecule has 1 aromatic rings. The molecule has 0 saturated heterocycles. The van der Waals surface area contributed by atoms with E-state index in [0.717, 1.165) is 0 Å². The summed E-state index contributed by atoms with van der Waals surface area (Å²) in [6.07, 6.45) is 0. The highest BCUT2D eigenvalue weighted by molar-refractivity contribution is 4.83. The van der Waals surface area contributed by atoms with Gasteiger partial charge in [0.1, 0.15) is 6.61 Å². The van der Waals surface area contributed by atoms with E-state index in [1.165, 1.54) is 0 Å². The van der Waals surface area contributed by atoms with Gasteiger partial charge in [0.2, 0.25) is 0 Å². The Bertz CT molecular complexity index is 221. The molecule has 5 heteroatoms. The van der Waals surface area contributed by atoms with Gasteiger partial charge >= 0.3 is 0 Å². The zero-order valence-electron chi connectivity index (χ0n) is 6.61. The zero-order valence-corrected chi connectivity index (χ0v) is 6.61. The van der Waals surface area contributed by atoms with Crippen molar-refractivity contribution in [2.45, 2.75) is 13.2 Å². The second kappa shape index (κ2) is 3.45. The van der Waals surface area contributed by atoms with Crippen molar-refractivity contribution in [1.29, 1.82) is 0 Å². The van der Waals surface area contributed by atoms with Crippen LogP contribution in [0.1, 0.15) is 11.7 Å². The van der Waals surface area contributed by atoms with Crippen LogP contribution in [0.15, 0.2) is 4.52 Å². The summed E-state index contributed by atoms with van der Waals surface area (Å²) < 4.78 is 4.68. The molecule has 0 bridgehead atoms. The number of nitrogens with zero attached hydrogens (tertiary/aromatic N) is 3. The summed E-state index contributed by atoms with van der Waals surface area (Å²) in [7, 11) is 3.82. The highest BCUT2D eigenvalue weighted by Crippen LogP contribution is 1.98. The van der Waals surface area contributed by atoms with Crippen LogP contribution in [0.3, 0.4) is 0 Å². The summed E-state index contributed by atoms with van der Waals surface area (Å²) in [5.74, 6) is 0.862. The van der Waals surface area contributed by atoms with Gasteiger partial charge in [0.05, 0.1) is 6.54 Å². The highest BCUT2D eigenvalue weighted by Gasteiger charge is 2.04. The molecule has 0 radical (unpaired) electrons. The van der Waals surface area contributed by atoms with Crippen molar-refractivity contribution in [3.05, 3.63) is 11.7 Å². The summed E-state index contributed by atoms with van der Waals surface area (Å²) in [6.45, 7) is 0.434. The molecule has 0 spiro atoms. The average molecular weight is 157 g/mol. The quantitative estimate of drug-likeness (QED) is 0.648. The van der Waals surface area contributed by atoms with Gasteiger partial charge < -0.3 is 14.5 Å². The molecule has 0 aliphatic carbocycles. The summed E-state index contributed by atoms with van der Waals surface area (Å²) in [4.78, 5) is 5.82. The molecule has 0 unspecified atom stereocenters. The van der Waals surface area contributed by atoms with Crippen LogP contribution in [-0.2, 0) is 13.2 Å². The molecule has 1 aromatic heterocycles. The minimum absolute atomic E-state index is 0.194. The average Bonchev–Trinajstić information content (AvgIpc) is 2.34. The van der Waals surface area contributed by atoms with Crippen molar-refractivity contribution in [2.24, 2.45) is 0 Å². The van der Waals surface area contributed by atoms with Gasteiger partial charge in [0.25, 0.3) is 5.89 Å². The largest absolute Gasteiger partial charge is 0.387 e. The molecule has 1 N–H and O–H groups in total. The van der Waals surface area contributed by atoms with Crippen LogP contribution in [0.4, 0.5) is 0 Å². The lowest BCUT2D eigenvalue weighted by Crippen LogP contribution is -2.11. The first-order valence-electron chi connectivity index (χ1n) is 3.29. The maximum absolute atomic E-state index is 8.58. The fraction of sp³-hybridized carbons (Fsp3) is 0.667. The van der Waals surface area contributed by atoms with Crippen molar-refractivity contribution >= 4 is 0 Å². The molecule has 1 heterocycles. The van der Waals surface area contributed by atoms with E-state index in [9.17, 15) is 0 Å². The molecular formula is C6H11N3O2. The number of hydrogen-bond donors (Lipinski definition) is 1. The normalized spacial score (nSPS) is 10.9. The molecule has 11 heavy (non-hydrogen) atoms. The van der Waals surface area contributed by atoms with E-state index in [1.54, 1.807) is 0 Å². The molecular weight excluding hydrogens is 146 g/mol. The lowest BCUT2D eigenvalue weighted by atomic mass is 10.5. The van der Waals surface area contributed by atoms with Crippen molar-refractivity contribution in [3.8, 4) is 0 Å². The molecule has 0 amide bonds. The Labute approximate surface area is 64.6 Å². The Hall–Kier alpha value is -0.940. The van der Waals surface area contributed by atoms with Crippen LogP contribution >= 0.6 is 0 Å². The third-order valence-corrected chi connectivity index (χ3v) is 1.10. The van der Waals surface area contributed by atoms with E-state index in [1.807, 2.05) is 19.0 Å². The monoisotopic (exact) mass is 157 g/mol.